The Morgan fingerprint density at radius 3 is 2.38 bits per heavy atom. The highest BCUT2D eigenvalue weighted by Gasteiger charge is 2.12. The molecule has 2 rings (SSSR count). The molecular weight excluding hydrogens is 286 g/mol. The number of benzene rings is 2. The Bertz CT molecular complexity index is 666. The van der Waals surface area contributed by atoms with Gasteiger partial charge in [0, 0.05) is 19.7 Å². The number of nitrogens with one attached hydrogen (secondary N) is 1. The van der Waals surface area contributed by atoms with E-state index in [0.29, 0.717) is 22.0 Å². The number of hydrogen-bond donors (Lipinski definition) is 2. The quantitative estimate of drug-likeness (QED) is 0.853. The van der Waals surface area contributed by atoms with E-state index in [4.69, 9.17) is 17.3 Å². The van der Waals surface area contributed by atoms with Crippen molar-refractivity contribution < 1.29 is 4.79 Å². The fraction of sp³-hybridized carbons (Fsp3) is 0.188. The average molecular weight is 304 g/mol. The summed E-state index contributed by atoms with van der Waals surface area (Å²) in [6.07, 6.45) is 0. The van der Waals surface area contributed by atoms with Gasteiger partial charge in [-0.1, -0.05) is 29.3 Å². The van der Waals surface area contributed by atoms with E-state index in [9.17, 15) is 4.79 Å². The van der Waals surface area contributed by atoms with Crippen LogP contribution in [-0.4, -0.2) is 20.0 Å². The molecule has 21 heavy (non-hydrogen) atoms. The van der Waals surface area contributed by atoms with E-state index in [1.54, 1.807) is 24.3 Å². The third kappa shape index (κ3) is 3.47. The fourth-order valence-electron chi connectivity index (χ4n) is 1.96. The summed E-state index contributed by atoms with van der Waals surface area (Å²) in [5.41, 5.74) is 9.51. The lowest BCUT2D eigenvalue weighted by Gasteiger charge is -2.18. The van der Waals surface area contributed by atoms with E-state index < -0.39 is 0 Å². The molecule has 110 valence electrons. The molecule has 0 fully saturated rings. The van der Waals surface area contributed by atoms with Gasteiger partial charge in [0.05, 0.1) is 22.1 Å². The van der Waals surface area contributed by atoms with Crippen LogP contribution in [0.2, 0.25) is 5.02 Å². The SMILES string of the molecule is Cc1ccc(C(=O)Nc2cc(N(C)C)c(N)cc2Cl)cc1. The van der Waals surface area contributed by atoms with Crippen molar-refractivity contribution in [1.82, 2.24) is 0 Å². The van der Waals surface area contributed by atoms with E-state index in [1.165, 1.54) is 0 Å². The lowest BCUT2D eigenvalue weighted by Crippen LogP contribution is -2.15. The fourth-order valence-corrected chi connectivity index (χ4v) is 2.18. The zero-order chi connectivity index (χ0) is 15.6. The lowest BCUT2D eigenvalue weighted by molar-refractivity contribution is 0.102. The van der Waals surface area contributed by atoms with Gasteiger partial charge in [-0.2, -0.15) is 0 Å². The number of amides is 1. The minimum Gasteiger partial charge on any atom is -0.397 e. The molecule has 0 radical (unpaired) electrons. The first-order valence-electron chi connectivity index (χ1n) is 6.53. The molecule has 5 heteroatoms. The van der Waals surface area contributed by atoms with Gasteiger partial charge in [0.1, 0.15) is 0 Å². The van der Waals surface area contributed by atoms with Crippen LogP contribution in [0, 0.1) is 6.92 Å². The smallest absolute Gasteiger partial charge is 0.255 e. The van der Waals surface area contributed by atoms with Gasteiger partial charge in [-0.25, -0.2) is 0 Å². The molecule has 0 atom stereocenters. The van der Waals surface area contributed by atoms with Gasteiger partial charge in [0.15, 0.2) is 0 Å². The van der Waals surface area contributed by atoms with Crippen LogP contribution in [0.1, 0.15) is 15.9 Å². The molecule has 0 saturated heterocycles. The van der Waals surface area contributed by atoms with Gasteiger partial charge < -0.3 is 16.0 Å². The first-order valence-corrected chi connectivity index (χ1v) is 6.90. The van der Waals surface area contributed by atoms with Crippen molar-refractivity contribution in [3.63, 3.8) is 0 Å². The van der Waals surface area contributed by atoms with Crippen molar-refractivity contribution in [2.24, 2.45) is 0 Å². The monoisotopic (exact) mass is 303 g/mol. The van der Waals surface area contributed by atoms with Gasteiger partial charge in [0.25, 0.3) is 5.91 Å². The maximum atomic E-state index is 12.2. The molecule has 0 aromatic heterocycles. The third-order valence-electron chi connectivity index (χ3n) is 3.16. The number of nitrogen functional groups attached to an aromatic ring is 1. The second-order valence-electron chi connectivity index (χ2n) is 5.11. The second kappa shape index (κ2) is 6.06. The number of rotatable bonds is 3. The first kappa shape index (κ1) is 15.2. The van der Waals surface area contributed by atoms with Crippen LogP contribution in [0.4, 0.5) is 17.1 Å². The Kier molecular flexibility index (Phi) is 4.38. The van der Waals surface area contributed by atoms with Crippen LogP contribution in [-0.2, 0) is 0 Å². The van der Waals surface area contributed by atoms with Crippen molar-refractivity contribution in [3.8, 4) is 0 Å². The minimum absolute atomic E-state index is 0.202. The van der Waals surface area contributed by atoms with Crippen LogP contribution in [0.5, 0.6) is 0 Å². The highest BCUT2D eigenvalue weighted by atomic mass is 35.5. The maximum Gasteiger partial charge on any atom is 0.255 e. The molecule has 3 N–H and O–H groups in total. The standard InChI is InChI=1S/C16H18ClN3O/c1-10-4-6-11(7-5-10)16(21)19-14-9-15(20(2)3)13(18)8-12(14)17/h4-9H,18H2,1-3H3,(H,19,21). The van der Waals surface area contributed by atoms with Crippen LogP contribution < -0.4 is 16.0 Å². The van der Waals surface area contributed by atoms with E-state index in [0.717, 1.165) is 11.3 Å². The van der Waals surface area contributed by atoms with E-state index >= 15 is 0 Å². The summed E-state index contributed by atoms with van der Waals surface area (Å²) < 4.78 is 0. The molecule has 0 bridgehead atoms. The second-order valence-corrected chi connectivity index (χ2v) is 5.51. The topological polar surface area (TPSA) is 58.4 Å². The number of anilines is 3. The predicted molar refractivity (Wildman–Crippen MR) is 89.3 cm³/mol. The molecular formula is C16H18ClN3O. The van der Waals surface area contributed by atoms with Crippen LogP contribution in [0.15, 0.2) is 36.4 Å². The lowest BCUT2D eigenvalue weighted by atomic mass is 10.1. The summed E-state index contributed by atoms with van der Waals surface area (Å²) in [5, 5.41) is 3.23. The Balaban J connectivity index is 2.28. The number of carbonyl (C=O) groups excluding carboxylic acids is 1. The van der Waals surface area contributed by atoms with Crippen LogP contribution >= 0.6 is 11.6 Å². The molecule has 2 aromatic carbocycles. The summed E-state index contributed by atoms with van der Waals surface area (Å²) in [6, 6.07) is 10.8. The van der Waals surface area contributed by atoms with Gasteiger partial charge in [-0.15, -0.1) is 0 Å². The summed E-state index contributed by atoms with van der Waals surface area (Å²) in [6.45, 7) is 1.97. The molecule has 0 unspecified atom stereocenters. The van der Waals surface area contributed by atoms with Crippen molar-refractivity contribution in [2.45, 2.75) is 6.92 Å². The summed E-state index contributed by atoms with van der Waals surface area (Å²) in [7, 11) is 3.76. The molecule has 0 saturated carbocycles. The van der Waals surface area contributed by atoms with Crippen molar-refractivity contribution in [1.29, 1.82) is 0 Å². The Labute approximate surface area is 129 Å². The Morgan fingerprint density at radius 1 is 1.19 bits per heavy atom. The first-order chi connectivity index (χ1) is 9.88. The number of aryl methyl sites for hydroxylation is 1. The molecule has 0 aliphatic heterocycles. The Morgan fingerprint density at radius 2 is 1.81 bits per heavy atom. The van der Waals surface area contributed by atoms with Gasteiger partial charge in [0.2, 0.25) is 0 Å². The zero-order valence-corrected chi connectivity index (χ0v) is 13.0. The van der Waals surface area contributed by atoms with Crippen LogP contribution in [0.3, 0.4) is 0 Å². The van der Waals surface area contributed by atoms with Gasteiger partial charge >= 0.3 is 0 Å². The molecule has 0 aliphatic carbocycles. The number of halogens is 1. The Hall–Kier alpha value is -2.20. The van der Waals surface area contributed by atoms with E-state index in [2.05, 4.69) is 5.32 Å². The highest BCUT2D eigenvalue weighted by molar-refractivity contribution is 6.34. The molecule has 0 heterocycles. The van der Waals surface area contributed by atoms with Gasteiger partial charge in [-0.05, 0) is 31.2 Å². The highest BCUT2D eigenvalue weighted by Crippen LogP contribution is 2.32. The molecule has 0 spiro atoms. The largest absolute Gasteiger partial charge is 0.397 e. The molecule has 1 amide bonds. The predicted octanol–water partition coefficient (Wildman–Crippen LogP) is 3.55. The van der Waals surface area contributed by atoms with E-state index in [-0.39, 0.29) is 5.91 Å². The number of nitrogens with two attached hydrogens (primary N) is 1. The van der Waals surface area contributed by atoms with E-state index in [1.807, 2.05) is 38.1 Å². The summed E-state index contributed by atoms with van der Waals surface area (Å²) in [4.78, 5) is 14.1. The molecule has 2 aromatic rings. The number of carbonyl (C=O) groups is 1. The van der Waals surface area contributed by atoms with Crippen molar-refractivity contribution in [3.05, 3.63) is 52.5 Å². The van der Waals surface area contributed by atoms with Crippen LogP contribution in [0.25, 0.3) is 0 Å². The average Bonchev–Trinajstić information content (AvgIpc) is 2.42. The third-order valence-corrected chi connectivity index (χ3v) is 3.47. The zero-order valence-electron chi connectivity index (χ0n) is 12.3. The summed E-state index contributed by atoms with van der Waals surface area (Å²) >= 11 is 6.15. The summed E-state index contributed by atoms with van der Waals surface area (Å²) in [5.74, 6) is -0.202. The number of hydrogen-bond acceptors (Lipinski definition) is 3. The van der Waals surface area contributed by atoms with Gasteiger partial charge in [-0.3, -0.25) is 4.79 Å². The molecule has 0 aliphatic rings. The van der Waals surface area contributed by atoms with Crippen molar-refractivity contribution in [2.75, 3.05) is 30.0 Å². The van der Waals surface area contributed by atoms with Crippen molar-refractivity contribution >= 4 is 34.6 Å². The molecule has 4 nitrogen and oxygen atoms in total. The normalized spacial score (nSPS) is 10.3. The minimum atomic E-state index is -0.202. The maximum absolute atomic E-state index is 12.2. The number of nitrogens with zero attached hydrogens (tertiary/aromatic N) is 1.